The maximum Gasteiger partial charge on any atom is 0.0738 e. The normalized spacial score (nSPS) is 22.7. The van der Waals surface area contributed by atoms with Crippen LogP contribution in [0.4, 0.5) is 0 Å². The van der Waals surface area contributed by atoms with E-state index in [2.05, 4.69) is 69.5 Å². The van der Waals surface area contributed by atoms with E-state index in [1.165, 1.54) is 14.8 Å². The van der Waals surface area contributed by atoms with Crippen LogP contribution in [-0.2, 0) is 4.18 Å². The van der Waals surface area contributed by atoms with Gasteiger partial charge in [0, 0.05) is 27.2 Å². The van der Waals surface area contributed by atoms with Gasteiger partial charge >= 0.3 is 0 Å². The lowest BCUT2D eigenvalue weighted by molar-refractivity contribution is 0.0642. The van der Waals surface area contributed by atoms with Crippen molar-refractivity contribution >= 4 is 43.0 Å². The number of thiol groups is 1. The molecule has 0 bridgehead atoms. The summed E-state index contributed by atoms with van der Waals surface area (Å²) in [7, 11) is 3.49. The molecule has 0 saturated heterocycles. The van der Waals surface area contributed by atoms with Gasteiger partial charge in [0.1, 0.15) is 0 Å². The minimum Gasteiger partial charge on any atom is -0.313 e. The molecule has 1 aromatic rings. The fourth-order valence-corrected chi connectivity index (χ4v) is 3.48. The lowest BCUT2D eigenvalue weighted by Gasteiger charge is -2.39. The lowest BCUT2D eigenvalue weighted by Crippen LogP contribution is -2.38. The van der Waals surface area contributed by atoms with Crippen LogP contribution in [0.5, 0.6) is 0 Å². The van der Waals surface area contributed by atoms with Crippen LogP contribution >= 0.6 is 43.0 Å². The third kappa shape index (κ3) is 6.56. The molecule has 1 aromatic carbocycles. The van der Waals surface area contributed by atoms with Crippen molar-refractivity contribution in [1.29, 1.82) is 0 Å². The molecule has 0 amide bonds. The number of benzene rings is 1. The maximum absolute atomic E-state index is 5.51. The second kappa shape index (κ2) is 10.3. The van der Waals surface area contributed by atoms with Crippen LogP contribution in [0.1, 0.15) is 38.3 Å². The van der Waals surface area contributed by atoms with Gasteiger partial charge in [0.2, 0.25) is 0 Å². The number of nitrogens with one attached hydrogen (secondary N) is 1. The Balaban J connectivity index is 0.000000444. The third-order valence-electron chi connectivity index (χ3n) is 3.24. The van der Waals surface area contributed by atoms with Crippen LogP contribution in [0.15, 0.2) is 30.3 Å². The van der Waals surface area contributed by atoms with Gasteiger partial charge in [-0.15, -0.1) is 0 Å². The van der Waals surface area contributed by atoms with E-state index >= 15 is 0 Å². The Morgan fingerprint density at radius 2 is 1.85 bits per heavy atom. The van der Waals surface area contributed by atoms with Crippen LogP contribution in [0.25, 0.3) is 0 Å². The van der Waals surface area contributed by atoms with E-state index in [1.807, 2.05) is 20.9 Å². The highest BCUT2D eigenvalue weighted by Crippen LogP contribution is 2.41. The summed E-state index contributed by atoms with van der Waals surface area (Å²) in [6, 6.07) is 11.1. The van der Waals surface area contributed by atoms with Crippen molar-refractivity contribution in [3.63, 3.8) is 0 Å². The highest BCUT2D eigenvalue weighted by molar-refractivity contribution is 14.2. The first-order valence-corrected chi connectivity index (χ1v) is 10.7. The molecule has 0 aliphatic heterocycles. The first kappa shape index (κ1) is 18.6. The molecule has 5 heteroatoms. The van der Waals surface area contributed by atoms with E-state index in [4.69, 9.17) is 4.18 Å². The van der Waals surface area contributed by atoms with E-state index in [9.17, 15) is 0 Å². The van der Waals surface area contributed by atoms with E-state index in [0.717, 1.165) is 12.8 Å². The molecular weight excluding hydrogens is 401 g/mol. The van der Waals surface area contributed by atoms with Crippen LogP contribution in [0.2, 0.25) is 0 Å². The number of hydrogen-bond acceptors (Lipinski definition) is 4. The zero-order chi connectivity index (χ0) is 15.0. The highest BCUT2D eigenvalue weighted by atomic mass is 127. The van der Waals surface area contributed by atoms with Crippen molar-refractivity contribution < 1.29 is 4.18 Å². The Bertz CT molecular complexity index is 355. The summed E-state index contributed by atoms with van der Waals surface area (Å²) < 4.78 is 5.51. The van der Waals surface area contributed by atoms with Gasteiger partial charge in [-0.25, -0.2) is 0 Å². The van der Waals surface area contributed by atoms with E-state index in [-0.39, 0.29) is 0 Å². The number of halogens is 1. The Morgan fingerprint density at radius 3 is 2.30 bits per heavy atom. The Labute approximate surface area is 145 Å². The second-order valence-corrected chi connectivity index (χ2v) is 7.71. The van der Waals surface area contributed by atoms with Crippen molar-refractivity contribution in [2.45, 2.75) is 44.1 Å². The third-order valence-corrected chi connectivity index (χ3v) is 4.21. The molecule has 1 aliphatic carbocycles. The molecule has 0 aromatic heterocycles. The summed E-state index contributed by atoms with van der Waals surface area (Å²) in [6.07, 6.45) is 2.78. The van der Waals surface area contributed by atoms with Gasteiger partial charge in [0.15, 0.2) is 0 Å². The second-order valence-electron chi connectivity index (χ2n) is 5.28. The fourth-order valence-electron chi connectivity index (χ4n) is 2.34. The van der Waals surface area contributed by atoms with Gasteiger partial charge in [-0.3, -0.25) is 0 Å². The van der Waals surface area contributed by atoms with Crippen molar-refractivity contribution in [2.24, 2.45) is 5.92 Å². The van der Waals surface area contributed by atoms with Crippen LogP contribution in [-0.4, -0.2) is 18.4 Å². The quantitative estimate of drug-likeness (QED) is 0.391. The van der Waals surface area contributed by atoms with Gasteiger partial charge in [-0.1, -0.05) is 44.2 Å². The monoisotopic (exact) mass is 425 g/mol. The van der Waals surface area contributed by atoms with Crippen LogP contribution in [0, 0.1) is 5.92 Å². The minimum absolute atomic E-state index is 0.450. The minimum atomic E-state index is 0.450. The standard InChI is InChI=1S/C12H16INOS.C3H8S/c1-14-12(9-5-3-2-4-6-9)10-7-11(8-10)15-16-13;1-3(2)4/h2-6,10-12,14H,7-8H2,1H3;3-4H,1-2H3. The molecular formula is C15H24INOS2. The molecule has 20 heavy (non-hydrogen) atoms. The summed E-state index contributed by atoms with van der Waals surface area (Å²) in [4.78, 5) is 0. The van der Waals surface area contributed by atoms with Gasteiger partial charge < -0.3 is 9.50 Å². The molecule has 0 heterocycles. The Kier molecular flexibility index (Phi) is 9.61. The van der Waals surface area contributed by atoms with Gasteiger partial charge in [0.25, 0.3) is 0 Å². The predicted octanol–water partition coefficient (Wildman–Crippen LogP) is 5.07. The first-order chi connectivity index (χ1) is 9.58. The number of rotatable bonds is 5. The van der Waals surface area contributed by atoms with Crippen molar-refractivity contribution in [2.75, 3.05) is 7.05 Å². The van der Waals surface area contributed by atoms with Gasteiger partial charge in [0.05, 0.1) is 15.3 Å². The summed E-state index contributed by atoms with van der Waals surface area (Å²) in [6.45, 7) is 4.06. The molecule has 1 aliphatic rings. The summed E-state index contributed by atoms with van der Waals surface area (Å²) >= 11 is 6.15. The van der Waals surface area contributed by atoms with Crippen LogP contribution in [0.3, 0.4) is 0 Å². The summed E-state index contributed by atoms with van der Waals surface area (Å²) in [5, 5.41) is 3.95. The first-order valence-electron chi connectivity index (χ1n) is 6.92. The van der Waals surface area contributed by atoms with Crippen LogP contribution < -0.4 is 5.32 Å². The van der Waals surface area contributed by atoms with Gasteiger partial charge in [-0.2, -0.15) is 12.6 Å². The number of hydrogen-bond donors (Lipinski definition) is 2. The van der Waals surface area contributed by atoms with Crippen molar-refractivity contribution in [3.8, 4) is 0 Å². The topological polar surface area (TPSA) is 21.3 Å². The molecule has 2 rings (SSSR count). The summed E-state index contributed by atoms with van der Waals surface area (Å²) in [5.41, 5.74) is 1.38. The molecule has 1 atom stereocenters. The van der Waals surface area contributed by atoms with Crippen molar-refractivity contribution in [1.82, 2.24) is 5.32 Å². The SMILES string of the molecule is CC(C)S.CNC(c1ccccc1)C1CC(OSI)C1. The van der Waals surface area contributed by atoms with Crippen molar-refractivity contribution in [3.05, 3.63) is 35.9 Å². The Morgan fingerprint density at radius 1 is 1.30 bits per heavy atom. The average Bonchev–Trinajstić information content (AvgIpc) is 2.37. The molecule has 0 radical (unpaired) electrons. The summed E-state index contributed by atoms with van der Waals surface area (Å²) in [5.74, 6) is 0.709. The largest absolute Gasteiger partial charge is 0.313 e. The molecule has 1 N–H and O–H groups in total. The van der Waals surface area contributed by atoms with E-state index in [0.29, 0.717) is 23.3 Å². The highest BCUT2D eigenvalue weighted by Gasteiger charge is 2.36. The predicted molar refractivity (Wildman–Crippen MR) is 102 cm³/mol. The van der Waals surface area contributed by atoms with Gasteiger partial charge in [-0.05, 0) is 36.6 Å². The maximum atomic E-state index is 5.51. The molecule has 1 fully saturated rings. The molecule has 2 nitrogen and oxygen atoms in total. The average molecular weight is 425 g/mol. The lowest BCUT2D eigenvalue weighted by atomic mass is 9.75. The Hall–Kier alpha value is 0.570. The molecule has 1 unspecified atom stereocenters. The molecule has 0 spiro atoms. The zero-order valence-corrected chi connectivity index (χ0v) is 16.1. The van der Waals surface area contributed by atoms with E-state index in [1.54, 1.807) is 0 Å². The smallest absolute Gasteiger partial charge is 0.0738 e. The van der Waals surface area contributed by atoms with E-state index < -0.39 is 0 Å². The zero-order valence-electron chi connectivity index (χ0n) is 12.3. The molecule has 114 valence electrons. The fraction of sp³-hybridized carbons (Fsp3) is 0.600. The molecule has 1 saturated carbocycles.